The fourth-order valence-electron chi connectivity index (χ4n) is 1.70. The number of nitrogens with one attached hydrogen (secondary N) is 1. The lowest BCUT2D eigenvalue weighted by Gasteiger charge is -2.11. The van der Waals surface area contributed by atoms with Crippen molar-refractivity contribution in [3.63, 3.8) is 0 Å². The van der Waals surface area contributed by atoms with Gasteiger partial charge < -0.3 is 10.4 Å². The first kappa shape index (κ1) is 14.2. The van der Waals surface area contributed by atoms with Gasteiger partial charge in [-0.3, -0.25) is 4.79 Å². The van der Waals surface area contributed by atoms with Crippen LogP contribution < -0.4 is 5.32 Å². The van der Waals surface area contributed by atoms with E-state index in [1.807, 2.05) is 30.3 Å². The van der Waals surface area contributed by atoms with E-state index in [-0.39, 0.29) is 5.91 Å². The Bertz CT molecular complexity index is 541. The van der Waals surface area contributed by atoms with Crippen LogP contribution in [-0.4, -0.2) is 17.6 Å². The van der Waals surface area contributed by atoms with Gasteiger partial charge in [0.15, 0.2) is 0 Å². The van der Waals surface area contributed by atoms with Gasteiger partial charge in [-0.15, -0.1) is 11.3 Å². The summed E-state index contributed by atoms with van der Waals surface area (Å²) in [5.41, 5.74) is 1.51. The van der Waals surface area contributed by atoms with Crippen molar-refractivity contribution in [2.45, 2.75) is 12.5 Å². The van der Waals surface area contributed by atoms with E-state index in [0.29, 0.717) is 18.5 Å². The summed E-state index contributed by atoms with van der Waals surface area (Å²) in [5.74, 6) is -0.109. The summed E-state index contributed by atoms with van der Waals surface area (Å²) in [6.07, 6.45) is -0.0446. The molecule has 1 amide bonds. The second-order valence-corrected chi connectivity index (χ2v) is 6.40. The molecule has 100 valence electrons. The minimum absolute atomic E-state index is 0.109. The molecule has 0 radical (unpaired) electrons. The monoisotopic (exact) mass is 339 g/mol. The van der Waals surface area contributed by atoms with Gasteiger partial charge in [-0.05, 0) is 34.0 Å². The Labute approximate surface area is 124 Å². The zero-order valence-electron chi connectivity index (χ0n) is 10.2. The van der Waals surface area contributed by atoms with Gasteiger partial charge in [0.2, 0.25) is 0 Å². The lowest BCUT2D eigenvalue weighted by Crippen LogP contribution is -2.25. The molecule has 0 aliphatic carbocycles. The van der Waals surface area contributed by atoms with Gasteiger partial charge in [-0.25, -0.2) is 0 Å². The number of aliphatic hydroxyl groups excluding tert-OH is 1. The Kier molecular flexibility index (Phi) is 5.13. The van der Waals surface area contributed by atoms with Crippen LogP contribution in [0.1, 0.15) is 28.4 Å². The maximum atomic E-state index is 11.8. The van der Waals surface area contributed by atoms with Crippen molar-refractivity contribution in [1.82, 2.24) is 5.32 Å². The molecule has 1 unspecified atom stereocenters. The Morgan fingerprint density at radius 1 is 1.37 bits per heavy atom. The van der Waals surface area contributed by atoms with Crippen molar-refractivity contribution in [2.75, 3.05) is 6.54 Å². The highest BCUT2D eigenvalue weighted by Crippen LogP contribution is 2.20. The number of rotatable bonds is 5. The summed E-state index contributed by atoms with van der Waals surface area (Å²) in [7, 11) is 0. The summed E-state index contributed by atoms with van der Waals surface area (Å²) in [4.78, 5) is 11.8. The molecule has 2 N–H and O–H groups in total. The van der Waals surface area contributed by atoms with Gasteiger partial charge in [-0.2, -0.15) is 0 Å². The van der Waals surface area contributed by atoms with Crippen molar-refractivity contribution in [3.8, 4) is 0 Å². The van der Waals surface area contributed by atoms with Gasteiger partial charge in [0.25, 0.3) is 5.91 Å². The Morgan fingerprint density at radius 2 is 2.11 bits per heavy atom. The second kappa shape index (κ2) is 6.84. The molecule has 0 aliphatic heterocycles. The normalized spacial score (nSPS) is 12.1. The molecule has 0 spiro atoms. The minimum Gasteiger partial charge on any atom is -0.388 e. The van der Waals surface area contributed by atoms with E-state index < -0.39 is 6.10 Å². The highest BCUT2D eigenvalue weighted by molar-refractivity contribution is 9.11. The third kappa shape index (κ3) is 4.16. The highest BCUT2D eigenvalue weighted by atomic mass is 79.9. The quantitative estimate of drug-likeness (QED) is 0.877. The number of halogens is 1. The SMILES string of the molecule is O=C(NCCC(O)c1ccccc1)c1csc(Br)c1. The molecule has 0 fully saturated rings. The van der Waals surface area contributed by atoms with E-state index in [1.165, 1.54) is 11.3 Å². The third-order valence-electron chi connectivity index (χ3n) is 2.72. The van der Waals surface area contributed by atoms with Crippen molar-refractivity contribution < 1.29 is 9.90 Å². The molecule has 2 rings (SSSR count). The molecule has 0 saturated heterocycles. The predicted molar refractivity (Wildman–Crippen MR) is 80.4 cm³/mol. The third-order valence-corrected chi connectivity index (χ3v) is 4.22. The van der Waals surface area contributed by atoms with Gasteiger partial charge in [0.1, 0.15) is 0 Å². The Balaban J connectivity index is 1.79. The molecule has 2 aromatic rings. The van der Waals surface area contributed by atoms with E-state index in [0.717, 1.165) is 9.35 Å². The molecule has 5 heteroatoms. The van der Waals surface area contributed by atoms with Crippen LogP contribution in [0.2, 0.25) is 0 Å². The Morgan fingerprint density at radius 3 is 2.74 bits per heavy atom. The highest BCUT2D eigenvalue weighted by Gasteiger charge is 2.10. The first-order valence-corrected chi connectivity index (χ1v) is 7.59. The van der Waals surface area contributed by atoms with E-state index in [1.54, 1.807) is 11.4 Å². The van der Waals surface area contributed by atoms with Crippen molar-refractivity contribution in [3.05, 3.63) is 56.7 Å². The molecular weight excluding hydrogens is 326 g/mol. The van der Waals surface area contributed by atoms with Crippen LogP contribution in [0.15, 0.2) is 45.6 Å². The number of carbonyl (C=O) groups excluding carboxylic acids is 1. The second-order valence-electron chi connectivity index (χ2n) is 4.11. The molecule has 0 bridgehead atoms. The summed E-state index contributed by atoms with van der Waals surface area (Å²) in [6, 6.07) is 11.2. The minimum atomic E-state index is -0.546. The lowest BCUT2D eigenvalue weighted by molar-refractivity contribution is 0.0943. The first-order valence-electron chi connectivity index (χ1n) is 5.92. The van der Waals surface area contributed by atoms with E-state index in [2.05, 4.69) is 21.2 Å². The van der Waals surface area contributed by atoms with Crippen LogP contribution in [0, 0.1) is 0 Å². The van der Waals surface area contributed by atoms with E-state index in [4.69, 9.17) is 0 Å². The van der Waals surface area contributed by atoms with Crippen LogP contribution in [0.5, 0.6) is 0 Å². The van der Waals surface area contributed by atoms with Crippen LogP contribution >= 0.6 is 27.3 Å². The van der Waals surface area contributed by atoms with Crippen molar-refractivity contribution >= 4 is 33.2 Å². The largest absolute Gasteiger partial charge is 0.388 e. The van der Waals surface area contributed by atoms with Gasteiger partial charge in [0, 0.05) is 11.9 Å². The fraction of sp³-hybridized carbons (Fsp3) is 0.214. The number of amides is 1. The predicted octanol–water partition coefficient (Wildman–Crippen LogP) is 3.36. The molecule has 1 atom stereocenters. The molecule has 3 nitrogen and oxygen atoms in total. The molecule has 19 heavy (non-hydrogen) atoms. The van der Waals surface area contributed by atoms with Gasteiger partial charge in [-0.1, -0.05) is 30.3 Å². The molecule has 1 heterocycles. The summed E-state index contributed by atoms with van der Waals surface area (Å²) in [6.45, 7) is 0.447. The smallest absolute Gasteiger partial charge is 0.252 e. The number of carbonyl (C=O) groups is 1. The zero-order chi connectivity index (χ0) is 13.7. The summed E-state index contributed by atoms with van der Waals surface area (Å²) >= 11 is 4.80. The maximum Gasteiger partial charge on any atom is 0.252 e. The van der Waals surface area contributed by atoms with Crippen molar-refractivity contribution in [2.24, 2.45) is 0 Å². The van der Waals surface area contributed by atoms with Crippen LogP contribution in [0.25, 0.3) is 0 Å². The average Bonchev–Trinajstić information content (AvgIpc) is 2.86. The van der Waals surface area contributed by atoms with Crippen LogP contribution in [-0.2, 0) is 0 Å². The summed E-state index contributed by atoms with van der Waals surface area (Å²) in [5, 5.41) is 14.5. The standard InChI is InChI=1S/C14H14BrNO2S/c15-13-8-11(9-19-13)14(18)16-7-6-12(17)10-4-2-1-3-5-10/h1-5,8-9,12,17H,6-7H2,(H,16,18). The topological polar surface area (TPSA) is 49.3 Å². The maximum absolute atomic E-state index is 11.8. The number of benzene rings is 1. The number of hydrogen-bond acceptors (Lipinski definition) is 3. The van der Waals surface area contributed by atoms with Gasteiger partial charge in [0.05, 0.1) is 15.5 Å². The van der Waals surface area contributed by atoms with E-state index >= 15 is 0 Å². The number of thiophene rings is 1. The molecule has 1 aromatic carbocycles. The first-order chi connectivity index (χ1) is 9.16. The Hall–Kier alpha value is -1.17. The lowest BCUT2D eigenvalue weighted by atomic mass is 10.1. The average molecular weight is 340 g/mol. The van der Waals surface area contributed by atoms with Gasteiger partial charge >= 0.3 is 0 Å². The number of aliphatic hydroxyl groups is 1. The van der Waals surface area contributed by atoms with Crippen LogP contribution in [0.3, 0.4) is 0 Å². The molecular formula is C14H14BrNO2S. The summed E-state index contributed by atoms with van der Waals surface area (Å²) < 4.78 is 0.932. The molecule has 1 aromatic heterocycles. The fourth-order valence-corrected chi connectivity index (χ4v) is 2.83. The van der Waals surface area contributed by atoms with Crippen molar-refractivity contribution in [1.29, 1.82) is 0 Å². The van der Waals surface area contributed by atoms with Crippen LogP contribution in [0.4, 0.5) is 0 Å². The zero-order valence-corrected chi connectivity index (χ0v) is 12.6. The van der Waals surface area contributed by atoms with E-state index in [9.17, 15) is 9.90 Å². The molecule has 0 aliphatic rings. The number of hydrogen-bond donors (Lipinski definition) is 2. The molecule has 0 saturated carbocycles.